The first kappa shape index (κ1) is 11.1. The minimum absolute atomic E-state index is 0.319. The molecule has 0 bridgehead atoms. The van der Waals surface area contributed by atoms with Gasteiger partial charge in [-0.25, -0.2) is 0 Å². The molecule has 18 heavy (non-hydrogen) atoms. The molecule has 0 radical (unpaired) electrons. The van der Waals surface area contributed by atoms with Gasteiger partial charge in [-0.3, -0.25) is 0 Å². The molecule has 0 aliphatic carbocycles. The lowest BCUT2D eigenvalue weighted by molar-refractivity contribution is 0.174. The number of ether oxygens (including phenoxy) is 2. The highest BCUT2D eigenvalue weighted by molar-refractivity contribution is 5.44. The number of nitrogens with zero attached hydrogens (tertiary/aromatic N) is 1. The average Bonchev–Trinajstić information content (AvgIpc) is 2.87. The fourth-order valence-corrected chi connectivity index (χ4v) is 1.94. The van der Waals surface area contributed by atoms with Crippen molar-refractivity contribution in [1.82, 2.24) is 0 Å². The topological polar surface area (TPSA) is 32.6 Å². The van der Waals surface area contributed by atoms with Crippen LogP contribution in [0.1, 0.15) is 11.1 Å². The minimum Gasteiger partial charge on any atom is -0.655 e. The summed E-state index contributed by atoms with van der Waals surface area (Å²) >= 11 is 0. The van der Waals surface area contributed by atoms with Gasteiger partial charge in [-0.2, -0.15) is 0 Å². The van der Waals surface area contributed by atoms with Gasteiger partial charge in [-0.1, -0.05) is 47.5 Å². The van der Waals surface area contributed by atoms with Gasteiger partial charge in [0, 0.05) is 0 Å². The van der Waals surface area contributed by atoms with Crippen molar-refractivity contribution < 1.29 is 9.47 Å². The summed E-state index contributed by atoms with van der Waals surface area (Å²) in [5, 5.41) is 4.54. The Labute approximate surface area is 106 Å². The first-order chi connectivity index (χ1) is 8.92. The Morgan fingerprint density at radius 2 is 1.61 bits per heavy atom. The van der Waals surface area contributed by atoms with Gasteiger partial charge < -0.3 is 14.8 Å². The summed E-state index contributed by atoms with van der Waals surface area (Å²) < 4.78 is 10.6. The number of hydrogen-bond donors (Lipinski definition) is 0. The van der Waals surface area contributed by atoms with Crippen LogP contribution in [0.2, 0.25) is 0 Å². The summed E-state index contributed by atoms with van der Waals surface area (Å²) in [7, 11) is 0. The molecule has 0 fully saturated rings. The molecule has 1 aliphatic heterocycles. The van der Waals surface area contributed by atoms with Gasteiger partial charge in [-0.05, 0) is 12.1 Å². The highest BCUT2D eigenvalue weighted by Gasteiger charge is 2.11. The maximum atomic E-state index is 5.34. The number of hydrogen-bond acceptors (Lipinski definition) is 2. The van der Waals surface area contributed by atoms with E-state index in [-0.39, 0.29) is 0 Å². The molecular formula is C15H14NO2-. The third kappa shape index (κ3) is 2.46. The van der Waals surface area contributed by atoms with E-state index in [1.165, 1.54) is 5.56 Å². The molecule has 3 heteroatoms. The zero-order valence-corrected chi connectivity index (χ0v) is 10.0. The van der Waals surface area contributed by atoms with Crippen molar-refractivity contribution in [3.05, 3.63) is 65.0 Å². The van der Waals surface area contributed by atoms with Crippen LogP contribution in [0.4, 0.5) is 0 Å². The molecule has 0 N–H and O–H groups in total. The Hall–Kier alpha value is -2.00. The third-order valence-corrected chi connectivity index (χ3v) is 2.87. The molecule has 92 valence electrons. The molecule has 3 rings (SSSR count). The van der Waals surface area contributed by atoms with Gasteiger partial charge in [0.15, 0.2) is 11.5 Å². The zero-order chi connectivity index (χ0) is 12.2. The molecule has 3 nitrogen and oxygen atoms in total. The molecule has 0 amide bonds. The van der Waals surface area contributed by atoms with E-state index in [2.05, 4.69) is 17.4 Å². The van der Waals surface area contributed by atoms with Crippen molar-refractivity contribution in [2.24, 2.45) is 0 Å². The molecule has 0 spiro atoms. The van der Waals surface area contributed by atoms with E-state index in [0.717, 1.165) is 23.6 Å². The molecule has 2 aromatic rings. The smallest absolute Gasteiger partial charge is 0.231 e. The van der Waals surface area contributed by atoms with E-state index in [4.69, 9.17) is 9.47 Å². The Kier molecular flexibility index (Phi) is 3.15. The van der Waals surface area contributed by atoms with E-state index in [1.54, 1.807) is 0 Å². The van der Waals surface area contributed by atoms with Crippen LogP contribution in [0.5, 0.6) is 11.5 Å². The van der Waals surface area contributed by atoms with Gasteiger partial charge in [-0.15, -0.1) is 13.1 Å². The molecule has 0 atom stereocenters. The van der Waals surface area contributed by atoms with Crippen LogP contribution in [-0.4, -0.2) is 6.79 Å². The van der Waals surface area contributed by atoms with Crippen molar-refractivity contribution in [1.29, 1.82) is 0 Å². The van der Waals surface area contributed by atoms with Crippen LogP contribution < -0.4 is 9.47 Å². The maximum Gasteiger partial charge on any atom is 0.231 e. The van der Waals surface area contributed by atoms with E-state index >= 15 is 0 Å². The predicted molar refractivity (Wildman–Crippen MR) is 69.8 cm³/mol. The monoisotopic (exact) mass is 240 g/mol. The maximum absolute atomic E-state index is 5.34. The molecule has 0 saturated carbocycles. The molecule has 0 unspecified atom stereocenters. The van der Waals surface area contributed by atoms with E-state index in [9.17, 15) is 0 Å². The molecule has 0 saturated heterocycles. The van der Waals surface area contributed by atoms with Crippen LogP contribution in [0, 0.1) is 0 Å². The van der Waals surface area contributed by atoms with Crippen LogP contribution in [0.3, 0.4) is 0 Å². The number of benzene rings is 2. The van der Waals surface area contributed by atoms with Crippen molar-refractivity contribution in [2.75, 3.05) is 6.79 Å². The molecule has 2 aromatic carbocycles. The van der Waals surface area contributed by atoms with E-state index in [0.29, 0.717) is 13.3 Å². The van der Waals surface area contributed by atoms with Gasteiger partial charge in [0.1, 0.15) is 0 Å². The van der Waals surface area contributed by atoms with E-state index < -0.39 is 0 Å². The Morgan fingerprint density at radius 3 is 2.50 bits per heavy atom. The Morgan fingerprint density at radius 1 is 0.833 bits per heavy atom. The molecule has 0 aromatic heterocycles. The highest BCUT2D eigenvalue weighted by atomic mass is 16.7. The predicted octanol–water partition coefficient (Wildman–Crippen LogP) is 3.49. The fourth-order valence-electron chi connectivity index (χ4n) is 1.94. The highest BCUT2D eigenvalue weighted by Crippen LogP contribution is 2.32. The third-order valence-electron chi connectivity index (χ3n) is 2.87. The summed E-state index contributed by atoms with van der Waals surface area (Å²) in [5.74, 6) is 1.64. The quantitative estimate of drug-likeness (QED) is 0.819. The van der Waals surface area contributed by atoms with Crippen molar-refractivity contribution >= 4 is 0 Å². The molecule has 1 aliphatic rings. The second-order valence-corrected chi connectivity index (χ2v) is 4.21. The largest absolute Gasteiger partial charge is 0.655 e. The standard InChI is InChI=1S/C15H14NO2/c1-2-4-12(5-3-1)9-16-10-13-6-7-14-15(8-13)18-11-17-14/h1-8H,9-11H2/q-1. The Bertz CT molecular complexity index is 525. The van der Waals surface area contributed by atoms with Gasteiger partial charge in [0.05, 0.1) is 0 Å². The van der Waals surface area contributed by atoms with Crippen LogP contribution in [-0.2, 0) is 13.1 Å². The van der Waals surface area contributed by atoms with Crippen LogP contribution in [0.25, 0.3) is 5.32 Å². The van der Waals surface area contributed by atoms with Gasteiger partial charge in [0.2, 0.25) is 6.79 Å². The van der Waals surface area contributed by atoms with Gasteiger partial charge in [0.25, 0.3) is 0 Å². The fraction of sp³-hybridized carbons (Fsp3) is 0.200. The second kappa shape index (κ2) is 5.10. The van der Waals surface area contributed by atoms with Crippen molar-refractivity contribution in [3.63, 3.8) is 0 Å². The summed E-state index contributed by atoms with van der Waals surface area (Å²) in [4.78, 5) is 0. The molecule has 1 heterocycles. The molecular weight excluding hydrogens is 226 g/mol. The number of rotatable bonds is 4. The summed E-state index contributed by atoms with van der Waals surface area (Å²) in [6, 6.07) is 16.2. The van der Waals surface area contributed by atoms with Crippen molar-refractivity contribution in [3.8, 4) is 11.5 Å². The summed E-state index contributed by atoms with van der Waals surface area (Å²) in [6.45, 7) is 1.76. The zero-order valence-electron chi connectivity index (χ0n) is 10.0. The minimum atomic E-state index is 0.319. The normalized spacial score (nSPS) is 12.7. The lowest BCUT2D eigenvalue weighted by atomic mass is 10.2. The average molecular weight is 240 g/mol. The van der Waals surface area contributed by atoms with Crippen molar-refractivity contribution in [2.45, 2.75) is 13.1 Å². The second-order valence-electron chi connectivity index (χ2n) is 4.21. The summed E-state index contributed by atoms with van der Waals surface area (Å²) in [6.07, 6.45) is 0. The summed E-state index contributed by atoms with van der Waals surface area (Å²) in [5.41, 5.74) is 2.38. The first-order valence-electron chi connectivity index (χ1n) is 5.97. The van der Waals surface area contributed by atoms with Crippen LogP contribution in [0.15, 0.2) is 48.5 Å². The Balaban J connectivity index is 1.57. The lowest BCUT2D eigenvalue weighted by Gasteiger charge is -2.19. The van der Waals surface area contributed by atoms with E-state index in [1.807, 2.05) is 36.4 Å². The SMILES string of the molecule is c1ccc(C[N-]Cc2ccc3c(c2)OCO3)cc1. The van der Waals surface area contributed by atoms with Crippen LogP contribution >= 0.6 is 0 Å². The lowest BCUT2D eigenvalue weighted by Crippen LogP contribution is -1.93. The number of fused-ring (bicyclic) bond motifs is 1. The first-order valence-corrected chi connectivity index (χ1v) is 5.97. The van der Waals surface area contributed by atoms with Gasteiger partial charge >= 0.3 is 0 Å².